The van der Waals surface area contributed by atoms with Gasteiger partial charge in [0.15, 0.2) is 0 Å². The summed E-state index contributed by atoms with van der Waals surface area (Å²) in [6.07, 6.45) is 0.315. The first-order valence-electron chi connectivity index (χ1n) is 6.05. The largest absolute Gasteiger partial charge is 0.480 e. The molecule has 1 saturated heterocycles. The molecule has 2 unspecified atom stereocenters. The van der Waals surface area contributed by atoms with Crippen molar-refractivity contribution in [3.8, 4) is 0 Å². The maximum absolute atomic E-state index is 13.7. The molecule has 0 amide bonds. The van der Waals surface area contributed by atoms with Crippen LogP contribution in [0.2, 0.25) is 0 Å². The van der Waals surface area contributed by atoms with Gasteiger partial charge < -0.3 is 10.8 Å². The molecule has 0 aromatic heterocycles. The van der Waals surface area contributed by atoms with Gasteiger partial charge in [-0.15, -0.1) is 0 Å². The third kappa shape index (κ3) is 2.59. The standard InChI is InChI=1S/C13H16F2N2O2/c1-8(10-3-2-9(14)6-11(10)15)17-5-4-13(16,7-17)12(18)19/h2-3,6,8H,4-5,7,16H2,1H3,(H,18,19). The van der Waals surface area contributed by atoms with Crippen molar-refractivity contribution in [2.45, 2.75) is 24.9 Å². The number of carboxylic acid groups (broad SMARTS) is 1. The van der Waals surface area contributed by atoms with Crippen LogP contribution in [0.5, 0.6) is 0 Å². The van der Waals surface area contributed by atoms with Crippen LogP contribution in [0.25, 0.3) is 0 Å². The molecule has 0 bridgehead atoms. The Morgan fingerprint density at radius 3 is 2.74 bits per heavy atom. The van der Waals surface area contributed by atoms with Crippen LogP contribution in [0.4, 0.5) is 8.78 Å². The number of nitrogens with zero attached hydrogens (tertiary/aromatic N) is 1. The highest BCUT2D eigenvalue weighted by molar-refractivity contribution is 5.79. The normalized spacial score (nSPS) is 25.5. The van der Waals surface area contributed by atoms with E-state index in [0.717, 1.165) is 6.07 Å². The Hall–Kier alpha value is -1.53. The number of likely N-dealkylation sites (tertiary alicyclic amines) is 1. The summed E-state index contributed by atoms with van der Waals surface area (Å²) in [4.78, 5) is 12.9. The summed E-state index contributed by atoms with van der Waals surface area (Å²) in [6.45, 7) is 2.38. The van der Waals surface area contributed by atoms with E-state index in [1.165, 1.54) is 12.1 Å². The number of hydrogen-bond donors (Lipinski definition) is 2. The van der Waals surface area contributed by atoms with Gasteiger partial charge in [0.1, 0.15) is 17.2 Å². The predicted molar refractivity (Wildman–Crippen MR) is 65.5 cm³/mol. The Kier molecular flexibility index (Phi) is 3.56. The van der Waals surface area contributed by atoms with Gasteiger partial charge in [0, 0.05) is 30.8 Å². The van der Waals surface area contributed by atoms with Crippen LogP contribution in [-0.2, 0) is 4.79 Å². The molecule has 1 aromatic rings. The number of halogens is 2. The SMILES string of the molecule is CC(c1ccc(F)cc1F)N1CCC(N)(C(=O)O)C1. The van der Waals surface area contributed by atoms with Gasteiger partial charge in [-0.25, -0.2) is 8.78 Å². The number of nitrogens with two attached hydrogens (primary N) is 1. The molecule has 0 spiro atoms. The van der Waals surface area contributed by atoms with E-state index < -0.39 is 23.1 Å². The summed E-state index contributed by atoms with van der Waals surface area (Å²) in [5, 5.41) is 9.06. The third-order valence-electron chi connectivity index (χ3n) is 3.72. The van der Waals surface area contributed by atoms with Gasteiger partial charge in [-0.2, -0.15) is 0 Å². The van der Waals surface area contributed by atoms with E-state index in [1.807, 2.05) is 0 Å². The first kappa shape index (κ1) is 13.9. The van der Waals surface area contributed by atoms with E-state index in [2.05, 4.69) is 0 Å². The minimum Gasteiger partial charge on any atom is -0.480 e. The molecule has 0 aliphatic carbocycles. The minimum atomic E-state index is -1.29. The Morgan fingerprint density at radius 1 is 1.53 bits per heavy atom. The number of carboxylic acids is 1. The maximum atomic E-state index is 13.7. The minimum absolute atomic E-state index is 0.153. The van der Waals surface area contributed by atoms with Crippen LogP contribution in [0.15, 0.2) is 18.2 Å². The fraction of sp³-hybridized carbons (Fsp3) is 0.462. The van der Waals surface area contributed by atoms with Crippen LogP contribution in [-0.4, -0.2) is 34.6 Å². The first-order chi connectivity index (χ1) is 8.83. The zero-order chi connectivity index (χ0) is 14.2. The lowest BCUT2D eigenvalue weighted by Gasteiger charge is -2.26. The van der Waals surface area contributed by atoms with E-state index in [0.29, 0.717) is 18.5 Å². The summed E-state index contributed by atoms with van der Waals surface area (Å²) in [5.41, 5.74) is 4.83. The van der Waals surface area contributed by atoms with Crippen molar-refractivity contribution in [2.24, 2.45) is 5.73 Å². The fourth-order valence-corrected chi connectivity index (χ4v) is 2.41. The number of rotatable bonds is 3. The predicted octanol–water partition coefficient (Wildman–Crippen LogP) is 1.51. The molecule has 3 N–H and O–H groups in total. The average molecular weight is 270 g/mol. The highest BCUT2D eigenvalue weighted by Crippen LogP contribution is 2.30. The molecular weight excluding hydrogens is 254 g/mol. The lowest BCUT2D eigenvalue weighted by molar-refractivity contribution is -0.142. The van der Waals surface area contributed by atoms with Crippen molar-refractivity contribution in [3.63, 3.8) is 0 Å². The van der Waals surface area contributed by atoms with Gasteiger partial charge >= 0.3 is 5.97 Å². The molecule has 1 aliphatic rings. The topological polar surface area (TPSA) is 66.6 Å². The highest BCUT2D eigenvalue weighted by Gasteiger charge is 2.42. The summed E-state index contributed by atoms with van der Waals surface area (Å²) in [5.74, 6) is -2.31. The molecule has 104 valence electrons. The van der Waals surface area contributed by atoms with Gasteiger partial charge in [-0.3, -0.25) is 9.69 Å². The van der Waals surface area contributed by atoms with Gasteiger partial charge in [0.2, 0.25) is 0 Å². The fourth-order valence-electron chi connectivity index (χ4n) is 2.41. The van der Waals surface area contributed by atoms with Crippen LogP contribution in [0.3, 0.4) is 0 Å². The highest BCUT2D eigenvalue weighted by atomic mass is 19.1. The molecular formula is C13H16F2N2O2. The van der Waals surface area contributed by atoms with E-state index in [9.17, 15) is 13.6 Å². The zero-order valence-electron chi connectivity index (χ0n) is 10.6. The molecule has 2 atom stereocenters. The summed E-state index contributed by atoms with van der Waals surface area (Å²) in [7, 11) is 0. The average Bonchev–Trinajstić information content (AvgIpc) is 2.73. The van der Waals surface area contributed by atoms with Crippen molar-refractivity contribution in [2.75, 3.05) is 13.1 Å². The van der Waals surface area contributed by atoms with Crippen LogP contribution < -0.4 is 5.73 Å². The summed E-state index contributed by atoms with van der Waals surface area (Å²) >= 11 is 0. The number of benzene rings is 1. The second-order valence-electron chi connectivity index (χ2n) is 5.02. The Balaban J connectivity index is 2.17. The number of carbonyl (C=O) groups is 1. The number of hydrogen-bond acceptors (Lipinski definition) is 3. The Labute approximate surface area is 109 Å². The molecule has 1 aromatic carbocycles. The lowest BCUT2D eigenvalue weighted by atomic mass is 10.0. The van der Waals surface area contributed by atoms with Crippen LogP contribution in [0.1, 0.15) is 24.9 Å². The second kappa shape index (κ2) is 4.86. The molecule has 1 fully saturated rings. The Bertz CT molecular complexity index is 509. The molecule has 0 radical (unpaired) electrons. The van der Waals surface area contributed by atoms with Crippen molar-refractivity contribution >= 4 is 5.97 Å². The lowest BCUT2D eigenvalue weighted by Crippen LogP contribution is -2.50. The maximum Gasteiger partial charge on any atom is 0.325 e. The quantitative estimate of drug-likeness (QED) is 0.873. The van der Waals surface area contributed by atoms with Crippen molar-refractivity contribution in [3.05, 3.63) is 35.4 Å². The zero-order valence-corrected chi connectivity index (χ0v) is 10.6. The monoisotopic (exact) mass is 270 g/mol. The summed E-state index contributed by atoms with van der Waals surface area (Å²) < 4.78 is 26.6. The van der Waals surface area contributed by atoms with Gasteiger partial charge in [-0.1, -0.05) is 6.07 Å². The molecule has 1 aliphatic heterocycles. The smallest absolute Gasteiger partial charge is 0.325 e. The van der Waals surface area contributed by atoms with Crippen LogP contribution in [0, 0.1) is 11.6 Å². The van der Waals surface area contributed by atoms with E-state index in [-0.39, 0.29) is 12.6 Å². The molecule has 0 saturated carbocycles. The van der Waals surface area contributed by atoms with Crippen molar-refractivity contribution in [1.82, 2.24) is 4.90 Å². The third-order valence-corrected chi connectivity index (χ3v) is 3.72. The molecule has 2 rings (SSSR count). The van der Waals surface area contributed by atoms with Gasteiger partial charge in [0.25, 0.3) is 0 Å². The van der Waals surface area contributed by atoms with E-state index >= 15 is 0 Å². The summed E-state index contributed by atoms with van der Waals surface area (Å²) in [6, 6.07) is 3.06. The Morgan fingerprint density at radius 2 is 2.21 bits per heavy atom. The molecule has 1 heterocycles. The molecule has 19 heavy (non-hydrogen) atoms. The number of aliphatic carboxylic acids is 1. The van der Waals surface area contributed by atoms with Crippen molar-refractivity contribution in [1.29, 1.82) is 0 Å². The molecule has 4 nitrogen and oxygen atoms in total. The van der Waals surface area contributed by atoms with E-state index in [1.54, 1.807) is 11.8 Å². The second-order valence-corrected chi connectivity index (χ2v) is 5.02. The van der Waals surface area contributed by atoms with Crippen molar-refractivity contribution < 1.29 is 18.7 Å². The van der Waals surface area contributed by atoms with Crippen LogP contribution >= 0.6 is 0 Å². The van der Waals surface area contributed by atoms with Gasteiger partial charge in [-0.05, 0) is 19.4 Å². The van der Waals surface area contributed by atoms with Gasteiger partial charge in [0.05, 0.1) is 0 Å². The first-order valence-corrected chi connectivity index (χ1v) is 6.05. The van der Waals surface area contributed by atoms with E-state index in [4.69, 9.17) is 10.8 Å². The molecule has 6 heteroatoms.